The van der Waals surface area contributed by atoms with Crippen molar-refractivity contribution >= 4 is 11.4 Å². The Morgan fingerprint density at radius 3 is 2.18 bits per heavy atom. The van der Waals surface area contributed by atoms with Gasteiger partial charge in [0.05, 0.1) is 0 Å². The number of nitroso groups, excluding NO2 is 2. The molecule has 22 heavy (non-hydrogen) atoms. The minimum absolute atomic E-state index is 0.365. The number of allylic oxidation sites excluding steroid dienone is 2. The van der Waals surface area contributed by atoms with Crippen molar-refractivity contribution in [2.75, 3.05) is 0 Å². The Labute approximate surface area is 129 Å². The van der Waals surface area contributed by atoms with Crippen LogP contribution in [0.5, 0.6) is 0 Å². The first-order valence-corrected chi connectivity index (χ1v) is 6.88. The van der Waals surface area contributed by atoms with E-state index in [1.807, 2.05) is 18.2 Å². The van der Waals surface area contributed by atoms with Crippen LogP contribution in [0.25, 0.3) is 11.1 Å². The van der Waals surface area contributed by atoms with Crippen LogP contribution < -0.4 is 0 Å². The van der Waals surface area contributed by atoms with E-state index in [9.17, 15) is 9.81 Å². The average Bonchev–Trinajstić information content (AvgIpc) is 2.55. The first kappa shape index (κ1) is 15.5. The van der Waals surface area contributed by atoms with Crippen LogP contribution in [0.15, 0.2) is 72.1 Å². The Hall–Kier alpha value is -2.88. The third kappa shape index (κ3) is 3.23. The Bertz CT molecular complexity index is 736. The summed E-state index contributed by atoms with van der Waals surface area (Å²) in [7, 11) is 0. The van der Waals surface area contributed by atoms with Gasteiger partial charge in [-0.15, -0.1) is 23.0 Å². The van der Waals surface area contributed by atoms with Crippen LogP contribution in [0.4, 0.5) is 11.4 Å². The maximum absolute atomic E-state index is 11.0. The van der Waals surface area contributed by atoms with Crippen molar-refractivity contribution in [1.82, 2.24) is 0 Å². The lowest BCUT2D eigenvalue weighted by Gasteiger charge is -2.09. The van der Waals surface area contributed by atoms with E-state index >= 15 is 0 Å². The predicted molar refractivity (Wildman–Crippen MR) is 90.6 cm³/mol. The van der Waals surface area contributed by atoms with Gasteiger partial charge in [0.15, 0.2) is 0 Å². The van der Waals surface area contributed by atoms with Crippen molar-refractivity contribution in [2.24, 2.45) is 10.4 Å². The number of benzene rings is 2. The molecule has 0 saturated carbocycles. The third-order valence-electron chi connectivity index (χ3n) is 3.39. The van der Waals surface area contributed by atoms with E-state index in [1.165, 1.54) is 0 Å². The van der Waals surface area contributed by atoms with E-state index in [0.29, 0.717) is 24.2 Å². The topological polar surface area (TPSA) is 58.9 Å². The molecule has 4 heteroatoms. The Balaban J connectivity index is 2.58. The monoisotopic (exact) mass is 292 g/mol. The highest BCUT2D eigenvalue weighted by atomic mass is 16.3. The van der Waals surface area contributed by atoms with Gasteiger partial charge in [0.1, 0.15) is 11.4 Å². The molecular weight excluding hydrogens is 276 g/mol. The zero-order valence-electron chi connectivity index (χ0n) is 12.2. The number of rotatable bonds is 7. The summed E-state index contributed by atoms with van der Waals surface area (Å²) in [6, 6.07) is 10.7. The fourth-order valence-corrected chi connectivity index (χ4v) is 2.35. The quantitative estimate of drug-likeness (QED) is 0.492. The lowest BCUT2D eigenvalue weighted by Crippen LogP contribution is -1.88. The minimum Gasteiger partial charge on any atom is -0.145 e. The van der Waals surface area contributed by atoms with Crippen molar-refractivity contribution in [3.63, 3.8) is 0 Å². The largest absolute Gasteiger partial charge is 0.145 e. The smallest absolute Gasteiger partial charge is 0.115 e. The van der Waals surface area contributed by atoms with Crippen LogP contribution in [0, 0.1) is 9.81 Å². The molecule has 110 valence electrons. The van der Waals surface area contributed by atoms with Gasteiger partial charge in [0.2, 0.25) is 0 Å². The van der Waals surface area contributed by atoms with Crippen LogP contribution in [-0.4, -0.2) is 0 Å². The SMILES string of the molecule is C=CCc1ccc(N=O)c(-c2ccc(N=O)c(CC=C)c2)c1. The van der Waals surface area contributed by atoms with Gasteiger partial charge in [0.25, 0.3) is 0 Å². The Morgan fingerprint density at radius 1 is 0.864 bits per heavy atom. The Morgan fingerprint density at radius 2 is 1.55 bits per heavy atom. The molecule has 0 radical (unpaired) electrons. The maximum atomic E-state index is 11.0. The molecule has 0 aromatic heterocycles. The van der Waals surface area contributed by atoms with Gasteiger partial charge in [-0.1, -0.05) is 24.3 Å². The highest BCUT2D eigenvalue weighted by Crippen LogP contribution is 2.34. The van der Waals surface area contributed by atoms with Gasteiger partial charge in [-0.05, 0) is 64.2 Å². The molecule has 0 aliphatic heterocycles. The molecule has 4 nitrogen and oxygen atoms in total. The first-order valence-electron chi connectivity index (χ1n) is 6.88. The number of hydrogen-bond donors (Lipinski definition) is 0. The van der Waals surface area contributed by atoms with Gasteiger partial charge >= 0.3 is 0 Å². The molecule has 0 unspecified atom stereocenters. The molecular formula is C18H16N2O2. The number of hydrogen-bond acceptors (Lipinski definition) is 4. The van der Waals surface area contributed by atoms with E-state index in [2.05, 4.69) is 23.5 Å². The zero-order chi connectivity index (χ0) is 15.9. The summed E-state index contributed by atoms with van der Waals surface area (Å²) in [5, 5.41) is 6.10. The molecule has 0 heterocycles. The molecule has 0 amide bonds. The molecule has 0 aliphatic rings. The van der Waals surface area contributed by atoms with Gasteiger partial charge in [-0.2, -0.15) is 0 Å². The molecule has 0 saturated heterocycles. The fraction of sp³-hybridized carbons (Fsp3) is 0.111. The molecule has 2 rings (SSSR count). The highest BCUT2D eigenvalue weighted by Gasteiger charge is 2.10. The van der Waals surface area contributed by atoms with Crippen molar-refractivity contribution in [1.29, 1.82) is 0 Å². The second kappa shape index (κ2) is 7.22. The summed E-state index contributed by atoms with van der Waals surface area (Å²) < 4.78 is 0. The molecule has 0 atom stereocenters. The minimum atomic E-state index is 0.365. The summed E-state index contributed by atoms with van der Waals surface area (Å²) in [6.45, 7) is 7.40. The van der Waals surface area contributed by atoms with Crippen molar-refractivity contribution in [3.8, 4) is 11.1 Å². The molecule has 0 N–H and O–H groups in total. The van der Waals surface area contributed by atoms with E-state index in [0.717, 1.165) is 22.3 Å². The molecule has 2 aromatic carbocycles. The van der Waals surface area contributed by atoms with Gasteiger partial charge in [-0.25, -0.2) is 0 Å². The summed E-state index contributed by atoms with van der Waals surface area (Å²) in [4.78, 5) is 21.9. The standard InChI is InChI=1S/C18H16N2O2/c1-3-5-13-7-9-18(20-22)16(11-13)14-8-10-17(19-21)15(12-14)6-4-2/h3-4,7-12H,1-2,5-6H2. The van der Waals surface area contributed by atoms with Gasteiger partial charge < -0.3 is 0 Å². The molecule has 0 aliphatic carbocycles. The normalized spacial score (nSPS) is 10.0. The molecule has 0 fully saturated rings. The second-order valence-electron chi connectivity index (χ2n) is 4.86. The molecule has 0 spiro atoms. The van der Waals surface area contributed by atoms with Crippen LogP contribution in [-0.2, 0) is 12.8 Å². The van der Waals surface area contributed by atoms with E-state index in [1.54, 1.807) is 30.4 Å². The van der Waals surface area contributed by atoms with Crippen LogP contribution in [0.3, 0.4) is 0 Å². The van der Waals surface area contributed by atoms with E-state index < -0.39 is 0 Å². The summed E-state index contributed by atoms with van der Waals surface area (Å²) >= 11 is 0. The van der Waals surface area contributed by atoms with E-state index in [4.69, 9.17) is 0 Å². The lowest BCUT2D eigenvalue weighted by molar-refractivity contribution is 1.25. The molecule has 2 aromatic rings. The lowest BCUT2D eigenvalue weighted by atomic mass is 9.97. The highest BCUT2D eigenvalue weighted by molar-refractivity contribution is 5.78. The average molecular weight is 292 g/mol. The van der Waals surface area contributed by atoms with E-state index in [-0.39, 0.29) is 0 Å². The molecule has 0 bridgehead atoms. The maximum Gasteiger partial charge on any atom is 0.115 e. The van der Waals surface area contributed by atoms with Crippen LogP contribution in [0.1, 0.15) is 11.1 Å². The van der Waals surface area contributed by atoms with Gasteiger partial charge in [-0.3, -0.25) is 0 Å². The number of nitrogens with zero attached hydrogens (tertiary/aromatic N) is 2. The fourth-order valence-electron chi connectivity index (χ4n) is 2.35. The van der Waals surface area contributed by atoms with Gasteiger partial charge in [0, 0.05) is 5.56 Å². The zero-order valence-corrected chi connectivity index (χ0v) is 12.2. The summed E-state index contributed by atoms with van der Waals surface area (Å²) in [5.74, 6) is 0. The van der Waals surface area contributed by atoms with Crippen LogP contribution >= 0.6 is 0 Å². The van der Waals surface area contributed by atoms with Crippen molar-refractivity contribution in [3.05, 3.63) is 82.6 Å². The first-order chi connectivity index (χ1) is 10.7. The Kier molecular flexibility index (Phi) is 5.09. The summed E-state index contributed by atoms with van der Waals surface area (Å²) in [6.07, 6.45) is 4.75. The van der Waals surface area contributed by atoms with Crippen molar-refractivity contribution in [2.45, 2.75) is 12.8 Å². The van der Waals surface area contributed by atoms with Crippen LogP contribution in [0.2, 0.25) is 0 Å². The summed E-state index contributed by atoms with van der Waals surface area (Å²) in [5.41, 5.74) is 4.12. The predicted octanol–water partition coefficient (Wildman–Crippen LogP) is 5.61. The third-order valence-corrected chi connectivity index (χ3v) is 3.39. The second-order valence-corrected chi connectivity index (χ2v) is 4.86. The van der Waals surface area contributed by atoms with Crippen molar-refractivity contribution < 1.29 is 0 Å².